The molecule has 3 heterocycles. The summed E-state index contributed by atoms with van der Waals surface area (Å²) >= 11 is 0. The van der Waals surface area contributed by atoms with Gasteiger partial charge in [-0.3, -0.25) is 9.59 Å². The molecule has 1 aliphatic carbocycles. The van der Waals surface area contributed by atoms with Gasteiger partial charge in [0.05, 0.1) is 6.07 Å². The third-order valence-corrected chi connectivity index (χ3v) is 5.32. The first-order chi connectivity index (χ1) is 13.7. The van der Waals surface area contributed by atoms with Gasteiger partial charge in [0.2, 0.25) is 11.8 Å². The molecule has 7 nitrogen and oxygen atoms in total. The zero-order chi connectivity index (χ0) is 19.5. The molecule has 2 aromatic rings. The highest BCUT2D eigenvalue weighted by Crippen LogP contribution is 2.33. The van der Waals surface area contributed by atoms with Crippen molar-refractivity contribution in [1.82, 2.24) is 14.9 Å². The van der Waals surface area contributed by atoms with E-state index in [1.807, 2.05) is 23.2 Å². The number of amides is 2. The molecule has 2 amide bonds. The highest BCUT2D eigenvalue weighted by atomic mass is 16.2. The van der Waals surface area contributed by atoms with E-state index < -0.39 is 0 Å². The van der Waals surface area contributed by atoms with E-state index in [2.05, 4.69) is 27.4 Å². The molecule has 2 aromatic heterocycles. The quantitative estimate of drug-likeness (QED) is 0.755. The van der Waals surface area contributed by atoms with Gasteiger partial charge in [0, 0.05) is 43.4 Å². The molecule has 1 fully saturated rings. The van der Waals surface area contributed by atoms with Crippen molar-refractivity contribution in [3.8, 4) is 6.07 Å². The molecule has 4 rings (SSSR count). The molecule has 144 valence electrons. The lowest BCUT2D eigenvalue weighted by molar-refractivity contribution is -0.130. The Morgan fingerprint density at radius 2 is 2.25 bits per heavy atom. The van der Waals surface area contributed by atoms with Crippen LogP contribution in [0, 0.1) is 17.2 Å². The lowest BCUT2D eigenvalue weighted by atomic mass is 9.97. The molecule has 2 aliphatic rings. The second-order valence-corrected chi connectivity index (χ2v) is 7.39. The topological polar surface area (TPSA) is 102 Å². The van der Waals surface area contributed by atoms with E-state index in [1.54, 1.807) is 0 Å². The fourth-order valence-electron chi connectivity index (χ4n) is 3.56. The Bertz CT molecular complexity index is 980. The summed E-state index contributed by atoms with van der Waals surface area (Å²) in [6.07, 6.45) is 8.04. The fraction of sp³-hybridized carbons (Fsp3) is 0.429. The van der Waals surface area contributed by atoms with Gasteiger partial charge in [-0.25, -0.2) is 4.98 Å². The Balaban J connectivity index is 1.52. The van der Waals surface area contributed by atoms with Crippen molar-refractivity contribution in [1.29, 1.82) is 5.26 Å². The van der Waals surface area contributed by atoms with Crippen molar-refractivity contribution in [2.75, 3.05) is 18.4 Å². The van der Waals surface area contributed by atoms with Crippen molar-refractivity contribution in [3.05, 3.63) is 30.0 Å². The van der Waals surface area contributed by atoms with Crippen molar-refractivity contribution in [3.63, 3.8) is 0 Å². The predicted octanol–water partition coefficient (Wildman–Crippen LogP) is 3.22. The number of carbonyl (C=O) groups is 2. The number of aromatic nitrogens is 2. The highest BCUT2D eigenvalue weighted by Gasteiger charge is 2.30. The van der Waals surface area contributed by atoms with E-state index in [0.717, 1.165) is 41.4 Å². The number of hydrogen-bond acceptors (Lipinski definition) is 4. The molecular weight excluding hydrogens is 354 g/mol. The van der Waals surface area contributed by atoms with Crippen LogP contribution in [-0.4, -0.2) is 39.8 Å². The standard InChI is InChI=1S/C21H23N5O2/c22-9-2-1-3-19(27)26-11-7-14(8-12-26)17-13-18(25-21(28)15-4-5-15)24-20-16(17)6-10-23-20/h6-7,10,13,15H,1-5,8,11-12H2,(H2,23,24,25,28). The van der Waals surface area contributed by atoms with Crippen LogP contribution >= 0.6 is 0 Å². The molecule has 0 bridgehead atoms. The summed E-state index contributed by atoms with van der Waals surface area (Å²) in [6, 6.07) is 6.00. The average Bonchev–Trinajstić information content (AvgIpc) is 3.46. The van der Waals surface area contributed by atoms with Crippen molar-refractivity contribution in [2.24, 2.45) is 5.92 Å². The zero-order valence-electron chi connectivity index (χ0n) is 15.7. The van der Waals surface area contributed by atoms with Gasteiger partial charge < -0.3 is 15.2 Å². The van der Waals surface area contributed by atoms with Crippen molar-refractivity contribution >= 4 is 34.2 Å². The minimum Gasteiger partial charge on any atom is -0.346 e. The maximum absolute atomic E-state index is 12.3. The molecule has 7 heteroatoms. The summed E-state index contributed by atoms with van der Waals surface area (Å²) in [5.41, 5.74) is 2.96. The Morgan fingerprint density at radius 3 is 2.96 bits per heavy atom. The molecule has 0 atom stereocenters. The summed E-state index contributed by atoms with van der Waals surface area (Å²) in [6.45, 7) is 1.23. The number of hydrogen-bond donors (Lipinski definition) is 2. The molecule has 1 aliphatic heterocycles. The number of carbonyl (C=O) groups excluding carboxylic acids is 2. The van der Waals surface area contributed by atoms with E-state index >= 15 is 0 Å². The summed E-state index contributed by atoms with van der Waals surface area (Å²) < 4.78 is 0. The monoisotopic (exact) mass is 377 g/mol. The van der Waals surface area contributed by atoms with Crippen LogP contribution in [0.15, 0.2) is 24.4 Å². The number of pyridine rings is 1. The maximum atomic E-state index is 12.3. The number of rotatable bonds is 6. The number of nitriles is 1. The summed E-state index contributed by atoms with van der Waals surface area (Å²) in [7, 11) is 0. The van der Waals surface area contributed by atoms with Gasteiger partial charge in [0.25, 0.3) is 0 Å². The van der Waals surface area contributed by atoms with Gasteiger partial charge in [-0.15, -0.1) is 0 Å². The molecule has 1 saturated carbocycles. The average molecular weight is 377 g/mol. The Morgan fingerprint density at radius 1 is 1.39 bits per heavy atom. The third kappa shape index (κ3) is 3.91. The van der Waals surface area contributed by atoms with Gasteiger partial charge in [-0.2, -0.15) is 5.26 Å². The van der Waals surface area contributed by atoms with E-state index in [-0.39, 0.29) is 17.7 Å². The largest absolute Gasteiger partial charge is 0.346 e. The number of fused-ring (bicyclic) bond motifs is 1. The summed E-state index contributed by atoms with van der Waals surface area (Å²) in [5.74, 6) is 0.831. The number of unbranched alkanes of at least 4 members (excludes halogenated alkanes) is 1. The number of nitrogens with one attached hydrogen (secondary N) is 2. The second-order valence-electron chi connectivity index (χ2n) is 7.39. The smallest absolute Gasteiger partial charge is 0.228 e. The summed E-state index contributed by atoms with van der Waals surface area (Å²) in [5, 5.41) is 12.6. The maximum Gasteiger partial charge on any atom is 0.228 e. The molecule has 2 N–H and O–H groups in total. The molecule has 0 saturated heterocycles. The van der Waals surface area contributed by atoms with Crippen LogP contribution in [0.25, 0.3) is 16.6 Å². The van der Waals surface area contributed by atoms with E-state index in [0.29, 0.717) is 38.2 Å². The Hall–Kier alpha value is -3.14. The van der Waals surface area contributed by atoms with Gasteiger partial charge >= 0.3 is 0 Å². The number of H-pyrrole nitrogens is 1. The van der Waals surface area contributed by atoms with Gasteiger partial charge in [0.1, 0.15) is 11.5 Å². The SMILES string of the molecule is N#CCCCC(=O)N1CC=C(c2cc(NC(=O)C3CC3)nc3[nH]ccc23)CC1. The van der Waals surface area contributed by atoms with Gasteiger partial charge in [-0.1, -0.05) is 6.08 Å². The molecule has 0 unspecified atom stereocenters. The molecule has 28 heavy (non-hydrogen) atoms. The predicted molar refractivity (Wildman–Crippen MR) is 106 cm³/mol. The first-order valence-electron chi connectivity index (χ1n) is 9.79. The first-order valence-corrected chi connectivity index (χ1v) is 9.79. The van der Waals surface area contributed by atoms with Crippen molar-refractivity contribution in [2.45, 2.75) is 38.5 Å². The van der Waals surface area contributed by atoms with E-state index in [1.165, 1.54) is 0 Å². The number of anilines is 1. The lowest BCUT2D eigenvalue weighted by Crippen LogP contribution is -2.34. The van der Waals surface area contributed by atoms with Crippen LogP contribution in [0.4, 0.5) is 5.82 Å². The van der Waals surface area contributed by atoms with Gasteiger partial charge in [0.15, 0.2) is 0 Å². The lowest BCUT2D eigenvalue weighted by Gasteiger charge is -2.27. The van der Waals surface area contributed by atoms with Crippen LogP contribution in [0.5, 0.6) is 0 Å². The molecular formula is C21H23N5O2. The van der Waals surface area contributed by atoms with E-state index in [9.17, 15) is 9.59 Å². The van der Waals surface area contributed by atoms with Crippen LogP contribution in [0.2, 0.25) is 0 Å². The molecule has 0 spiro atoms. The molecule has 0 radical (unpaired) electrons. The normalized spacial score (nSPS) is 16.5. The number of aromatic amines is 1. The van der Waals surface area contributed by atoms with Crippen LogP contribution in [-0.2, 0) is 9.59 Å². The highest BCUT2D eigenvalue weighted by molar-refractivity contribution is 5.97. The summed E-state index contributed by atoms with van der Waals surface area (Å²) in [4.78, 5) is 33.9. The molecule has 0 aromatic carbocycles. The third-order valence-electron chi connectivity index (χ3n) is 5.32. The fourth-order valence-corrected chi connectivity index (χ4v) is 3.56. The Labute approximate surface area is 163 Å². The van der Waals surface area contributed by atoms with Crippen LogP contribution in [0.3, 0.4) is 0 Å². The van der Waals surface area contributed by atoms with Gasteiger partial charge in [-0.05, 0) is 49.0 Å². The van der Waals surface area contributed by atoms with Crippen LogP contribution in [0.1, 0.15) is 44.1 Å². The van der Waals surface area contributed by atoms with E-state index in [4.69, 9.17) is 5.26 Å². The van der Waals surface area contributed by atoms with Crippen molar-refractivity contribution < 1.29 is 9.59 Å². The Kier molecular flexibility index (Phi) is 5.11. The minimum atomic E-state index is 0.0381. The first kappa shape index (κ1) is 18.2. The van der Waals surface area contributed by atoms with Crippen LogP contribution < -0.4 is 5.32 Å². The zero-order valence-corrected chi connectivity index (χ0v) is 15.7. The minimum absolute atomic E-state index is 0.0381. The number of nitrogens with zero attached hydrogens (tertiary/aromatic N) is 3. The second kappa shape index (κ2) is 7.85.